The Morgan fingerprint density at radius 2 is 2.13 bits per heavy atom. The average Bonchev–Trinajstić information content (AvgIpc) is 2.85. The maximum absolute atomic E-state index is 12.5. The first-order chi connectivity index (χ1) is 10.6. The number of rotatable bonds is 3. The highest BCUT2D eigenvalue weighted by atomic mass is 16.6. The highest BCUT2D eigenvalue weighted by Gasteiger charge is 2.70. The number of likely N-dealkylation sites (tertiary alicyclic amines) is 1. The first-order valence-electron chi connectivity index (χ1n) is 7.65. The molecule has 130 valence electrons. The van der Waals surface area contributed by atoms with Gasteiger partial charge in [-0.3, -0.25) is 4.90 Å². The molecular weight excluding hydrogens is 302 g/mol. The first kappa shape index (κ1) is 17.7. The quantitative estimate of drug-likeness (QED) is 0.624. The van der Waals surface area contributed by atoms with Gasteiger partial charge >= 0.3 is 12.1 Å². The van der Waals surface area contributed by atoms with E-state index in [2.05, 4.69) is 6.58 Å². The van der Waals surface area contributed by atoms with Crippen LogP contribution in [0.5, 0.6) is 0 Å². The van der Waals surface area contributed by atoms with Crippen molar-refractivity contribution in [2.75, 3.05) is 20.3 Å². The van der Waals surface area contributed by atoms with E-state index in [1.807, 2.05) is 0 Å². The molecule has 0 aliphatic carbocycles. The van der Waals surface area contributed by atoms with E-state index in [0.29, 0.717) is 19.4 Å². The van der Waals surface area contributed by atoms with Crippen LogP contribution in [-0.2, 0) is 19.0 Å². The van der Waals surface area contributed by atoms with Gasteiger partial charge in [0.2, 0.25) is 0 Å². The maximum atomic E-state index is 12.5. The second-order valence-electron chi connectivity index (χ2n) is 7.07. The first-order valence-corrected chi connectivity index (χ1v) is 7.65. The number of β-amino-alcohol motifs (C(OH)–C–C–N with tert-alkyl or cyclic N) is 1. The number of hydrogen-bond acceptors (Lipinski definition) is 6. The number of ether oxygens (including phenoxy) is 3. The van der Waals surface area contributed by atoms with Gasteiger partial charge in [-0.1, -0.05) is 6.08 Å². The van der Waals surface area contributed by atoms with Gasteiger partial charge < -0.3 is 19.3 Å². The van der Waals surface area contributed by atoms with Crippen molar-refractivity contribution < 1.29 is 28.9 Å². The Kier molecular flexibility index (Phi) is 4.47. The van der Waals surface area contributed by atoms with Crippen LogP contribution in [-0.4, -0.2) is 59.8 Å². The molecule has 0 bridgehead atoms. The summed E-state index contributed by atoms with van der Waals surface area (Å²) in [6.07, 6.45) is 1.69. The third-order valence-electron chi connectivity index (χ3n) is 4.45. The molecule has 0 aromatic carbocycles. The van der Waals surface area contributed by atoms with Gasteiger partial charge in [-0.2, -0.15) is 0 Å². The minimum atomic E-state index is -1.61. The van der Waals surface area contributed by atoms with Crippen LogP contribution in [0, 0.1) is 5.41 Å². The lowest BCUT2D eigenvalue weighted by atomic mass is 9.72. The van der Waals surface area contributed by atoms with Crippen molar-refractivity contribution in [1.29, 1.82) is 0 Å². The Morgan fingerprint density at radius 3 is 2.65 bits per heavy atom. The molecule has 0 saturated carbocycles. The third-order valence-corrected chi connectivity index (χ3v) is 4.45. The van der Waals surface area contributed by atoms with E-state index < -0.39 is 34.9 Å². The van der Waals surface area contributed by atoms with Crippen molar-refractivity contribution >= 4 is 12.1 Å². The minimum Gasteiger partial charge on any atom is -0.467 e. The number of esters is 1. The van der Waals surface area contributed by atoms with Crippen molar-refractivity contribution in [3.63, 3.8) is 0 Å². The lowest BCUT2D eigenvalue weighted by molar-refractivity contribution is -0.207. The summed E-state index contributed by atoms with van der Waals surface area (Å²) in [5.41, 5.74) is -1.69. The molecule has 7 nitrogen and oxygen atoms in total. The molecule has 2 rings (SSSR count). The van der Waals surface area contributed by atoms with Gasteiger partial charge in [-0.15, -0.1) is 6.58 Å². The number of aliphatic hydroxyl groups is 1. The number of methoxy groups -OCH3 is 1. The van der Waals surface area contributed by atoms with E-state index in [-0.39, 0.29) is 6.54 Å². The zero-order chi connectivity index (χ0) is 17.5. The fraction of sp³-hybridized carbons (Fsp3) is 0.750. The molecular formula is C16H25NO6. The second-order valence-corrected chi connectivity index (χ2v) is 7.07. The number of allylic oxidation sites excluding steroid dienone is 1. The molecule has 1 unspecified atom stereocenters. The molecule has 0 spiro atoms. The topological polar surface area (TPSA) is 85.3 Å². The Morgan fingerprint density at radius 1 is 1.48 bits per heavy atom. The number of amides is 1. The molecule has 2 saturated heterocycles. The van der Waals surface area contributed by atoms with Crippen LogP contribution >= 0.6 is 0 Å². The predicted molar refractivity (Wildman–Crippen MR) is 81.5 cm³/mol. The molecule has 7 heteroatoms. The fourth-order valence-corrected chi connectivity index (χ4v) is 3.50. The molecule has 23 heavy (non-hydrogen) atoms. The van der Waals surface area contributed by atoms with E-state index in [1.54, 1.807) is 26.8 Å². The molecule has 3 atom stereocenters. The smallest absolute Gasteiger partial charge is 0.411 e. The van der Waals surface area contributed by atoms with Crippen molar-refractivity contribution in [3.8, 4) is 0 Å². The van der Waals surface area contributed by atoms with Gasteiger partial charge in [0.25, 0.3) is 0 Å². The molecule has 1 N–H and O–H groups in total. The molecule has 2 aliphatic rings. The van der Waals surface area contributed by atoms with Gasteiger partial charge in [0.1, 0.15) is 11.6 Å². The molecule has 0 radical (unpaired) electrons. The standard InChI is InChI=1S/C16H25NO6/c1-6-7-15-8-9-22-16(15,20)10-17(11(15)12(18)21-5)13(19)23-14(2,3)4/h6,11,20H,1,7-10H2,2-5H3/t11-,15-,16?/m1/s1. The van der Waals surface area contributed by atoms with Gasteiger partial charge in [0.05, 0.1) is 25.7 Å². The van der Waals surface area contributed by atoms with Gasteiger partial charge in [0.15, 0.2) is 5.79 Å². The number of carbonyl (C=O) groups is 2. The predicted octanol–water partition coefficient (Wildman–Crippen LogP) is 1.45. The SMILES string of the molecule is C=CC[C@]12CCOC1(O)CN(C(=O)OC(C)(C)C)[C@@H]2C(=O)OC. The highest BCUT2D eigenvalue weighted by Crippen LogP contribution is 2.55. The molecule has 2 heterocycles. The lowest BCUT2D eigenvalue weighted by Crippen LogP contribution is -2.52. The second kappa shape index (κ2) is 5.79. The van der Waals surface area contributed by atoms with Crippen LogP contribution in [0.15, 0.2) is 12.7 Å². The van der Waals surface area contributed by atoms with Crippen LogP contribution < -0.4 is 0 Å². The fourth-order valence-electron chi connectivity index (χ4n) is 3.50. The van der Waals surface area contributed by atoms with E-state index in [0.717, 1.165) is 0 Å². The zero-order valence-corrected chi connectivity index (χ0v) is 14.1. The number of hydrogen-bond donors (Lipinski definition) is 1. The highest BCUT2D eigenvalue weighted by molar-refractivity contribution is 5.84. The summed E-state index contributed by atoms with van der Waals surface area (Å²) in [5, 5.41) is 10.9. The van der Waals surface area contributed by atoms with Crippen molar-refractivity contribution in [2.24, 2.45) is 5.41 Å². The van der Waals surface area contributed by atoms with E-state index in [4.69, 9.17) is 14.2 Å². The van der Waals surface area contributed by atoms with E-state index >= 15 is 0 Å². The number of nitrogens with zero attached hydrogens (tertiary/aromatic N) is 1. The van der Waals surface area contributed by atoms with Crippen LogP contribution in [0.1, 0.15) is 33.6 Å². The molecule has 1 amide bonds. The van der Waals surface area contributed by atoms with Crippen LogP contribution in [0.4, 0.5) is 4.79 Å². The summed E-state index contributed by atoms with van der Waals surface area (Å²) in [7, 11) is 1.25. The van der Waals surface area contributed by atoms with Gasteiger partial charge in [0, 0.05) is 0 Å². The molecule has 0 aromatic rings. The Hall–Kier alpha value is -1.60. The normalized spacial score (nSPS) is 33.3. The molecule has 0 aromatic heterocycles. The lowest BCUT2D eigenvalue weighted by Gasteiger charge is -2.36. The van der Waals surface area contributed by atoms with E-state index in [9.17, 15) is 14.7 Å². The summed E-state index contributed by atoms with van der Waals surface area (Å²) < 4.78 is 15.8. The maximum Gasteiger partial charge on any atom is 0.411 e. The summed E-state index contributed by atoms with van der Waals surface area (Å²) in [4.78, 5) is 26.1. The largest absolute Gasteiger partial charge is 0.467 e. The molecule has 2 aliphatic heterocycles. The zero-order valence-electron chi connectivity index (χ0n) is 14.1. The summed E-state index contributed by atoms with van der Waals surface area (Å²) in [6.45, 7) is 9.08. The summed E-state index contributed by atoms with van der Waals surface area (Å²) in [5.74, 6) is -2.21. The average molecular weight is 327 g/mol. The Bertz CT molecular complexity index is 513. The van der Waals surface area contributed by atoms with Crippen molar-refractivity contribution in [3.05, 3.63) is 12.7 Å². The van der Waals surface area contributed by atoms with Gasteiger partial charge in [-0.25, -0.2) is 9.59 Å². The minimum absolute atomic E-state index is 0.143. The van der Waals surface area contributed by atoms with Crippen molar-refractivity contribution in [1.82, 2.24) is 4.90 Å². The summed E-state index contributed by atoms with van der Waals surface area (Å²) in [6, 6.07) is -0.979. The summed E-state index contributed by atoms with van der Waals surface area (Å²) >= 11 is 0. The molecule has 2 fully saturated rings. The van der Waals surface area contributed by atoms with E-state index in [1.165, 1.54) is 12.0 Å². The van der Waals surface area contributed by atoms with Gasteiger partial charge in [-0.05, 0) is 33.6 Å². The monoisotopic (exact) mass is 327 g/mol. The van der Waals surface area contributed by atoms with Crippen LogP contribution in [0.2, 0.25) is 0 Å². The Labute approximate surface area is 136 Å². The van der Waals surface area contributed by atoms with Crippen molar-refractivity contribution in [2.45, 2.75) is 51.0 Å². The Balaban J connectivity index is 2.42. The number of fused-ring (bicyclic) bond motifs is 1. The van der Waals surface area contributed by atoms with Crippen LogP contribution in [0.25, 0.3) is 0 Å². The number of carbonyl (C=O) groups excluding carboxylic acids is 2. The van der Waals surface area contributed by atoms with Crippen LogP contribution in [0.3, 0.4) is 0 Å². The third kappa shape index (κ3) is 2.83.